The fraction of sp³-hybridized carbons (Fsp3) is 0.200. The summed E-state index contributed by atoms with van der Waals surface area (Å²) in [4.78, 5) is 0. The highest BCUT2D eigenvalue weighted by molar-refractivity contribution is 8.40. The summed E-state index contributed by atoms with van der Waals surface area (Å²) in [6.45, 7) is 0. The maximum atomic E-state index is 8.59. The van der Waals surface area contributed by atoms with E-state index in [0.717, 1.165) is 4.24 Å². The molecule has 0 saturated carbocycles. The van der Waals surface area contributed by atoms with Crippen LogP contribution in [0.4, 0.5) is 0 Å². The van der Waals surface area contributed by atoms with Crippen LogP contribution in [0, 0.1) is 22.7 Å². The zero-order valence-corrected chi connectivity index (χ0v) is 11.9. The van der Waals surface area contributed by atoms with Crippen molar-refractivity contribution in [2.75, 3.05) is 12.5 Å². The van der Waals surface area contributed by atoms with Crippen molar-refractivity contribution in [3.63, 3.8) is 0 Å². The van der Waals surface area contributed by atoms with Gasteiger partial charge in [-0.15, -0.1) is 23.5 Å². The molecular weight excluding hydrogens is 276 g/mol. The smallest absolute Gasteiger partial charge is 0.129 e. The summed E-state index contributed by atoms with van der Waals surface area (Å²) >= 11 is 6.83. The van der Waals surface area contributed by atoms with E-state index in [2.05, 4.69) is 0 Å². The summed E-state index contributed by atoms with van der Waals surface area (Å²) in [5, 5.41) is 17.2. The molecular formula is C10H8N2S4. The standard InChI is InChI=1S/C10H8N2S4/c1-13-9-10(14-2)16-8(15-9)4-3-7(5-11)6-12/h3-4H,1-2H3. The van der Waals surface area contributed by atoms with Crippen molar-refractivity contribution in [2.24, 2.45) is 0 Å². The lowest BCUT2D eigenvalue weighted by atomic mass is 10.3. The summed E-state index contributed by atoms with van der Waals surface area (Å²) in [6.07, 6.45) is 7.49. The molecule has 0 spiro atoms. The SMILES string of the molecule is CSC1=C(SC)SC(=CC=C(C#N)C#N)S1. The van der Waals surface area contributed by atoms with Gasteiger partial charge in [0.05, 0.1) is 12.7 Å². The molecule has 6 heteroatoms. The molecule has 16 heavy (non-hydrogen) atoms. The molecule has 0 fully saturated rings. The van der Waals surface area contributed by atoms with E-state index in [1.807, 2.05) is 30.7 Å². The first-order valence-electron chi connectivity index (χ1n) is 4.15. The average molecular weight is 284 g/mol. The third-order valence-corrected chi connectivity index (χ3v) is 6.67. The van der Waals surface area contributed by atoms with E-state index in [4.69, 9.17) is 10.5 Å². The van der Waals surface area contributed by atoms with E-state index in [-0.39, 0.29) is 5.57 Å². The Morgan fingerprint density at radius 3 is 2.00 bits per heavy atom. The molecule has 1 heterocycles. The Hall–Kier alpha value is -0.400. The zero-order chi connectivity index (χ0) is 12.0. The van der Waals surface area contributed by atoms with E-state index in [1.165, 1.54) is 8.47 Å². The van der Waals surface area contributed by atoms with Crippen LogP contribution in [0.5, 0.6) is 0 Å². The Morgan fingerprint density at radius 2 is 1.62 bits per heavy atom. The molecule has 0 radical (unpaired) electrons. The second-order valence-electron chi connectivity index (χ2n) is 2.48. The number of nitriles is 2. The van der Waals surface area contributed by atoms with Gasteiger partial charge < -0.3 is 0 Å². The van der Waals surface area contributed by atoms with Gasteiger partial charge in [0.2, 0.25) is 0 Å². The Balaban J connectivity index is 2.78. The Labute approximate surface area is 112 Å². The topological polar surface area (TPSA) is 47.6 Å². The highest BCUT2D eigenvalue weighted by atomic mass is 32.3. The normalized spacial score (nSPS) is 14.4. The number of hydrogen-bond acceptors (Lipinski definition) is 6. The van der Waals surface area contributed by atoms with E-state index < -0.39 is 0 Å². The lowest BCUT2D eigenvalue weighted by molar-refractivity contribution is 1.46. The molecule has 1 rings (SSSR count). The van der Waals surface area contributed by atoms with Crippen molar-refractivity contribution in [2.45, 2.75) is 0 Å². The largest absolute Gasteiger partial charge is 0.192 e. The van der Waals surface area contributed by atoms with Crippen LogP contribution in [0.25, 0.3) is 0 Å². The average Bonchev–Trinajstić information content (AvgIpc) is 2.73. The van der Waals surface area contributed by atoms with Gasteiger partial charge in [-0.05, 0) is 24.7 Å². The van der Waals surface area contributed by atoms with Crippen molar-refractivity contribution < 1.29 is 0 Å². The monoisotopic (exact) mass is 284 g/mol. The maximum absolute atomic E-state index is 8.59. The summed E-state index contributed by atoms with van der Waals surface area (Å²) in [5.41, 5.74) is 0.136. The predicted octanol–water partition coefficient (Wildman–Crippen LogP) is 4.13. The molecule has 0 atom stereocenters. The molecule has 0 aromatic rings. The minimum Gasteiger partial charge on any atom is -0.192 e. The van der Waals surface area contributed by atoms with Crippen LogP contribution in [-0.2, 0) is 0 Å². The van der Waals surface area contributed by atoms with Crippen LogP contribution in [0.3, 0.4) is 0 Å². The fourth-order valence-corrected chi connectivity index (χ4v) is 5.68. The van der Waals surface area contributed by atoms with Crippen LogP contribution in [-0.4, -0.2) is 12.5 Å². The Bertz CT molecular complexity index is 414. The van der Waals surface area contributed by atoms with Crippen LogP contribution in [0.1, 0.15) is 0 Å². The van der Waals surface area contributed by atoms with E-state index >= 15 is 0 Å². The van der Waals surface area contributed by atoms with Gasteiger partial charge in [0.1, 0.15) is 17.7 Å². The van der Waals surface area contributed by atoms with Crippen molar-refractivity contribution >= 4 is 47.0 Å². The zero-order valence-electron chi connectivity index (χ0n) is 8.68. The van der Waals surface area contributed by atoms with Crippen molar-refractivity contribution in [3.05, 3.63) is 30.4 Å². The molecule has 0 bridgehead atoms. The number of thioether (sulfide) groups is 4. The quantitative estimate of drug-likeness (QED) is 0.726. The Kier molecular flexibility index (Phi) is 6.00. The molecule has 0 amide bonds. The third-order valence-electron chi connectivity index (χ3n) is 1.55. The first kappa shape index (κ1) is 13.7. The van der Waals surface area contributed by atoms with E-state index in [9.17, 15) is 0 Å². The highest BCUT2D eigenvalue weighted by Gasteiger charge is 2.19. The molecule has 0 aromatic heterocycles. The lowest BCUT2D eigenvalue weighted by Gasteiger charge is -1.94. The second kappa shape index (κ2) is 7.03. The summed E-state index contributed by atoms with van der Waals surface area (Å²) in [6, 6.07) is 3.68. The Morgan fingerprint density at radius 1 is 1.12 bits per heavy atom. The fourth-order valence-electron chi connectivity index (χ4n) is 0.856. The molecule has 1 aliphatic rings. The van der Waals surface area contributed by atoms with Gasteiger partial charge in [-0.2, -0.15) is 10.5 Å². The van der Waals surface area contributed by atoms with E-state index in [0.29, 0.717) is 0 Å². The van der Waals surface area contributed by atoms with Crippen molar-refractivity contribution in [3.8, 4) is 12.1 Å². The van der Waals surface area contributed by atoms with Crippen molar-refractivity contribution in [1.82, 2.24) is 0 Å². The first-order chi connectivity index (χ1) is 7.74. The third kappa shape index (κ3) is 3.57. The van der Waals surface area contributed by atoms with Gasteiger partial charge in [-0.25, -0.2) is 0 Å². The van der Waals surface area contributed by atoms with Gasteiger partial charge >= 0.3 is 0 Å². The minimum absolute atomic E-state index is 0.136. The van der Waals surface area contributed by atoms with Gasteiger partial charge in [0, 0.05) is 0 Å². The number of nitrogens with zero attached hydrogens (tertiary/aromatic N) is 2. The molecule has 1 aliphatic heterocycles. The predicted molar refractivity (Wildman–Crippen MR) is 76.6 cm³/mol. The van der Waals surface area contributed by atoms with Crippen LogP contribution in [0.2, 0.25) is 0 Å². The van der Waals surface area contributed by atoms with Gasteiger partial charge in [-0.1, -0.05) is 23.5 Å². The summed E-state index contributed by atoms with van der Waals surface area (Å²) in [5.74, 6) is 0. The van der Waals surface area contributed by atoms with Crippen LogP contribution < -0.4 is 0 Å². The second-order valence-corrected chi connectivity index (χ2v) is 6.99. The molecule has 0 unspecified atom stereocenters. The first-order valence-corrected chi connectivity index (χ1v) is 8.23. The van der Waals surface area contributed by atoms with Crippen LogP contribution >= 0.6 is 47.0 Å². The summed E-state index contributed by atoms with van der Waals surface area (Å²) < 4.78 is 3.68. The molecule has 82 valence electrons. The maximum Gasteiger partial charge on any atom is 0.129 e. The molecule has 0 saturated heterocycles. The van der Waals surface area contributed by atoms with Gasteiger partial charge in [0.25, 0.3) is 0 Å². The number of rotatable bonds is 3. The molecule has 0 aliphatic carbocycles. The number of allylic oxidation sites excluding steroid dienone is 3. The molecule has 0 aromatic carbocycles. The highest BCUT2D eigenvalue weighted by Crippen LogP contribution is 2.56. The summed E-state index contributed by atoms with van der Waals surface area (Å²) in [7, 11) is 0. The molecule has 2 nitrogen and oxygen atoms in total. The number of hydrogen-bond donors (Lipinski definition) is 0. The van der Waals surface area contributed by atoms with Crippen molar-refractivity contribution in [1.29, 1.82) is 10.5 Å². The minimum atomic E-state index is 0.136. The van der Waals surface area contributed by atoms with Gasteiger partial charge in [-0.3, -0.25) is 0 Å². The van der Waals surface area contributed by atoms with Gasteiger partial charge in [0.15, 0.2) is 0 Å². The molecule has 0 N–H and O–H groups in total. The van der Waals surface area contributed by atoms with Crippen LogP contribution in [0.15, 0.2) is 30.4 Å². The van der Waals surface area contributed by atoms with E-state index in [1.54, 1.807) is 53.1 Å². The lowest BCUT2D eigenvalue weighted by Crippen LogP contribution is -1.69.